The Kier molecular flexibility index (Phi) is 6.92. The summed E-state index contributed by atoms with van der Waals surface area (Å²) in [5.74, 6) is -1.77. The van der Waals surface area contributed by atoms with Gasteiger partial charge in [-0.1, -0.05) is 36.4 Å². The van der Waals surface area contributed by atoms with Crippen LogP contribution in [0.25, 0.3) is 21.8 Å². The molecule has 0 radical (unpaired) electrons. The molecular weight excluding hydrogens is 514 g/mol. The molecule has 0 spiro atoms. The first-order valence-electron chi connectivity index (χ1n) is 10.8. The minimum absolute atomic E-state index is 0. The van der Waals surface area contributed by atoms with Crippen LogP contribution in [0.3, 0.4) is 0 Å². The van der Waals surface area contributed by atoms with Crippen molar-refractivity contribution in [1.82, 2.24) is 14.1 Å². The van der Waals surface area contributed by atoms with Gasteiger partial charge < -0.3 is 27.2 Å². The number of carboxylic acids is 2. The fourth-order valence-corrected chi connectivity index (χ4v) is 4.22. The third kappa shape index (κ3) is 5.38. The van der Waals surface area contributed by atoms with Crippen LogP contribution in [0.5, 0.6) is 0 Å². The smallest absolute Gasteiger partial charge is 0.346 e. The number of pyridine rings is 1. The Hall–Kier alpha value is -4.05. The molecular formula is C25H23BrN5O4+. The van der Waals surface area contributed by atoms with Gasteiger partial charge in [0.25, 0.3) is 0 Å². The lowest BCUT2D eigenvalue weighted by Crippen LogP contribution is -3.00. The molecule has 35 heavy (non-hydrogen) atoms. The molecule has 0 aliphatic rings. The second kappa shape index (κ2) is 10.1. The zero-order chi connectivity index (χ0) is 23.7. The Morgan fingerprint density at radius 1 is 0.771 bits per heavy atom. The number of imidazole rings is 2. The Labute approximate surface area is 210 Å². The molecule has 2 N–H and O–H groups in total. The maximum atomic E-state index is 11.0. The molecule has 0 atom stereocenters. The van der Waals surface area contributed by atoms with E-state index in [4.69, 9.17) is 15.2 Å². The highest BCUT2D eigenvalue weighted by molar-refractivity contribution is 5.95. The Morgan fingerprint density at radius 3 is 1.66 bits per heavy atom. The number of para-hydroxylation sites is 2. The van der Waals surface area contributed by atoms with E-state index >= 15 is 0 Å². The number of halogens is 1. The Bertz CT molecular complexity index is 1430. The van der Waals surface area contributed by atoms with E-state index < -0.39 is 11.9 Å². The molecule has 5 rings (SSSR count). The van der Waals surface area contributed by atoms with Crippen molar-refractivity contribution < 1.29 is 45.9 Å². The zero-order valence-electron chi connectivity index (χ0n) is 18.7. The lowest BCUT2D eigenvalue weighted by Gasteiger charge is -2.09. The monoisotopic (exact) mass is 536 g/mol. The van der Waals surface area contributed by atoms with Gasteiger partial charge in [0.2, 0.25) is 12.7 Å². The highest BCUT2D eigenvalue weighted by atomic mass is 79.9. The summed E-state index contributed by atoms with van der Waals surface area (Å²) >= 11 is 0. The van der Waals surface area contributed by atoms with E-state index in [1.54, 1.807) is 34.2 Å². The molecule has 0 saturated heterocycles. The van der Waals surface area contributed by atoms with Crippen LogP contribution in [0, 0.1) is 0 Å². The average Bonchev–Trinajstić information content (AvgIpc) is 3.41. The number of hydrogen-bond acceptors (Lipinski definition) is 3. The van der Waals surface area contributed by atoms with E-state index in [-0.39, 0.29) is 30.1 Å². The number of carbonyl (C=O) groups is 2. The minimum Gasteiger partial charge on any atom is -1.00 e. The van der Waals surface area contributed by atoms with Crippen LogP contribution >= 0.6 is 0 Å². The summed E-state index contributed by atoms with van der Waals surface area (Å²) in [5.41, 5.74) is 3.86. The fourth-order valence-electron chi connectivity index (χ4n) is 4.22. The predicted octanol–water partition coefficient (Wildman–Crippen LogP) is -1.16. The maximum Gasteiger partial charge on any atom is 0.346 e. The van der Waals surface area contributed by atoms with Gasteiger partial charge >= 0.3 is 11.9 Å². The van der Waals surface area contributed by atoms with Gasteiger partial charge in [-0.3, -0.25) is 0 Å². The first-order chi connectivity index (χ1) is 16.4. The average molecular weight is 537 g/mol. The molecule has 0 fully saturated rings. The van der Waals surface area contributed by atoms with E-state index in [9.17, 15) is 9.59 Å². The zero-order valence-corrected chi connectivity index (χ0v) is 20.2. The van der Waals surface area contributed by atoms with Crippen molar-refractivity contribution in [2.45, 2.75) is 26.2 Å². The van der Waals surface area contributed by atoms with Gasteiger partial charge in [0.15, 0.2) is 13.1 Å². The Balaban J connectivity index is 0.00000289. The molecule has 10 heteroatoms. The van der Waals surface area contributed by atoms with E-state index in [0.29, 0.717) is 13.1 Å². The fraction of sp³-hybridized carbons (Fsp3) is 0.160. The molecule has 3 aromatic heterocycles. The number of carboxylic acid groups (broad SMARTS) is 2. The number of nitrogens with zero attached hydrogens (tertiary/aromatic N) is 5. The molecule has 9 nitrogen and oxygen atoms in total. The van der Waals surface area contributed by atoms with Crippen molar-refractivity contribution in [2.24, 2.45) is 0 Å². The lowest BCUT2D eigenvalue weighted by atomic mass is 10.0. The van der Waals surface area contributed by atoms with Gasteiger partial charge in [-0.05, 0) is 6.07 Å². The molecule has 0 aliphatic heterocycles. The number of fused-ring (bicyclic) bond motifs is 2. The van der Waals surface area contributed by atoms with Crippen molar-refractivity contribution >= 4 is 33.7 Å². The Morgan fingerprint density at radius 2 is 1.23 bits per heavy atom. The SMILES string of the molecule is O=C(O)Cn1cc[n+](Cc2cccc3cc4cccc(C[n+]5ccn(CC(=O)O)c5)c4nc23)c1.[Br-]. The first kappa shape index (κ1) is 24.1. The van der Waals surface area contributed by atoms with Crippen molar-refractivity contribution in [3.8, 4) is 0 Å². The summed E-state index contributed by atoms with van der Waals surface area (Å²) in [4.78, 5) is 27.0. The highest BCUT2D eigenvalue weighted by Gasteiger charge is 2.14. The molecule has 2 aromatic carbocycles. The van der Waals surface area contributed by atoms with Crippen LogP contribution in [0.15, 0.2) is 79.9 Å². The molecule has 0 bridgehead atoms. The molecule has 0 unspecified atom stereocenters. The summed E-state index contributed by atoms with van der Waals surface area (Å²) in [6, 6.07) is 14.3. The van der Waals surface area contributed by atoms with Crippen LogP contribution in [-0.2, 0) is 35.8 Å². The summed E-state index contributed by atoms with van der Waals surface area (Å²) < 4.78 is 7.14. The summed E-state index contributed by atoms with van der Waals surface area (Å²) in [6.07, 6.45) is 10.7. The van der Waals surface area contributed by atoms with E-state index in [1.165, 1.54) is 0 Å². The van der Waals surface area contributed by atoms with E-state index in [0.717, 1.165) is 32.9 Å². The summed E-state index contributed by atoms with van der Waals surface area (Å²) in [6.45, 7) is 0.968. The summed E-state index contributed by atoms with van der Waals surface area (Å²) in [7, 11) is 0. The third-order valence-corrected chi connectivity index (χ3v) is 5.67. The molecule has 5 aromatic rings. The van der Waals surface area contributed by atoms with Crippen molar-refractivity contribution in [2.75, 3.05) is 0 Å². The van der Waals surface area contributed by atoms with Gasteiger partial charge in [0.1, 0.15) is 37.9 Å². The second-order valence-electron chi connectivity index (χ2n) is 8.27. The van der Waals surface area contributed by atoms with E-state index in [1.807, 2.05) is 57.9 Å². The third-order valence-electron chi connectivity index (χ3n) is 5.67. The van der Waals surface area contributed by atoms with Gasteiger partial charge in [-0.2, -0.15) is 0 Å². The molecule has 3 heterocycles. The molecule has 178 valence electrons. The topological polar surface area (TPSA) is 105 Å². The minimum atomic E-state index is -0.884. The van der Waals surface area contributed by atoms with Crippen LogP contribution < -0.4 is 26.1 Å². The van der Waals surface area contributed by atoms with Crippen LogP contribution in [-0.4, -0.2) is 36.3 Å². The summed E-state index contributed by atoms with van der Waals surface area (Å²) in [5, 5.41) is 20.1. The first-order valence-corrected chi connectivity index (χ1v) is 10.8. The number of aliphatic carboxylic acids is 2. The largest absolute Gasteiger partial charge is 1.00 e. The van der Waals surface area contributed by atoms with Gasteiger partial charge in [0.05, 0.1) is 11.0 Å². The standard InChI is InChI=1S/C25H21N5O4.BrH/c31-22(32)14-29-9-7-27(16-29)12-20-5-1-3-18-11-19-4-2-6-21(25(19)26-24(18)20)13-28-8-10-30(17-28)15-23(33)34;/h1-11,16-17H,12-15H2;1H/p+1. The quantitative estimate of drug-likeness (QED) is 0.192. The number of benzene rings is 2. The van der Waals surface area contributed by atoms with Gasteiger partial charge in [0, 0.05) is 21.9 Å². The second-order valence-corrected chi connectivity index (χ2v) is 8.27. The lowest BCUT2D eigenvalue weighted by molar-refractivity contribution is -0.687. The maximum absolute atomic E-state index is 11.0. The van der Waals surface area contributed by atoms with E-state index in [2.05, 4.69) is 6.07 Å². The van der Waals surface area contributed by atoms with Crippen LogP contribution in [0.1, 0.15) is 11.1 Å². The van der Waals surface area contributed by atoms with Crippen molar-refractivity contribution in [1.29, 1.82) is 0 Å². The van der Waals surface area contributed by atoms with Gasteiger partial charge in [-0.25, -0.2) is 32.8 Å². The predicted molar refractivity (Wildman–Crippen MR) is 122 cm³/mol. The normalized spacial score (nSPS) is 11.0. The van der Waals surface area contributed by atoms with Crippen molar-refractivity contribution in [3.63, 3.8) is 0 Å². The molecule has 0 amide bonds. The van der Waals surface area contributed by atoms with Gasteiger partial charge in [-0.15, -0.1) is 0 Å². The number of aromatic nitrogens is 5. The molecule has 0 saturated carbocycles. The van der Waals surface area contributed by atoms with Crippen LogP contribution in [0.2, 0.25) is 0 Å². The van der Waals surface area contributed by atoms with Crippen molar-refractivity contribution in [3.05, 3.63) is 91.0 Å². The number of hydrogen-bond donors (Lipinski definition) is 2. The number of rotatable bonds is 8. The highest BCUT2D eigenvalue weighted by Crippen LogP contribution is 2.24. The molecule has 0 aliphatic carbocycles. The van der Waals surface area contributed by atoms with Crippen LogP contribution in [0.4, 0.5) is 0 Å².